The van der Waals surface area contributed by atoms with Crippen molar-refractivity contribution in [2.45, 2.75) is 66.7 Å². The van der Waals surface area contributed by atoms with Gasteiger partial charge in [0.15, 0.2) is 0 Å². The maximum absolute atomic E-state index is 2.51. The third-order valence-electron chi connectivity index (χ3n) is 4.36. The zero-order chi connectivity index (χ0) is 11.4. The van der Waals surface area contributed by atoms with Crippen LogP contribution in [0.25, 0.3) is 0 Å². The topological polar surface area (TPSA) is 0 Å². The van der Waals surface area contributed by atoms with Crippen LogP contribution in [0.2, 0.25) is 0 Å². The zero-order valence-electron chi connectivity index (χ0n) is 11.4. The summed E-state index contributed by atoms with van der Waals surface area (Å²) in [5.74, 6) is 4.96. The second-order valence-electron chi connectivity index (χ2n) is 6.26. The van der Waals surface area contributed by atoms with E-state index in [1.807, 2.05) is 0 Å². The Kier molecular flexibility index (Phi) is 5.15. The fraction of sp³-hybridized carbons (Fsp3) is 1.00. The van der Waals surface area contributed by atoms with Crippen LogP contribution in [0.15, 0.2) is 0 Å². The number of hydrogen-bond acceptors (Lipinski definition) is 0. The van der Waals surface area contributed by atoms with E-state index in [1.54, 1.807) is 0 Å². The quantitative estimate of drug-likeness (QED) is 0.546. The molecule has 0 aromatic heterocycles. The molecule has 15 heavy (non-hydrogen) atoms. The van der Waals surface area contributed by atoms with Gasteiger partial charge in [-0.2, -0.15) is 0 Å². The van der Waals surface area contributed by atoms with Gasteiger partial charge in [0.25, 0.3) is 0 Å². The second kappa shape index (κ2) is 5.92. The van der Waals surface area contributed by atoms with Crippen molar-refractivity contribution in [3.8, 4) is 0 Å². The Balaban J connectivity index is 2.34. The lowest BCUT2D eigenvalue weighted by Crippen LogP contribution is -2.15. The van der Waals surface area contributed by atoms with Crippen molar-refractivity contribution in [2.24, 2.45) is 29.6 Å². The summed E-state index contributed by atoms with van der Waals surface area (Å²) in [4.78, 5) is 0. The molecule has 0 radical (unpaired) electrons. The van der Waals surface area contributed by atoms with Gasteiger partial charge in [0.05, 0.1) is 0 Å². The van der Waals surface area contributed by atoms with E-state index in [2.05, 4.69) is 34.6 Å². The fourth-order valence-electron chi connectivity index (χ4n) is 3.02. The summed E-state index contributed by atoms with van der Waals surface area (Å²) in [6.07, 6.45) is 7.22. The van der Waals surface area contributed by atoms with Gasteiger partial charge in [0.1, 0.15) is 0 Å². The van der Waals surface area contributed by atoms with Gasteiger partial charge >= 0.3 is 0 Å². The second-order valence-corrected chi connectivity index (χ2v) is 6.26. The minimum Gasteiger partial charge on any atom is -0.0654 e. The lowest BCUT2D eigenvalue weighted by molar-refractivity contribution is 0.259. The van der Waals surface area contributed by atoms with Crippen molar-refractivity contribution in [2.75, 3.05) is 0 Å². The Morgan fingerprint density at radius 2 is 1.67 bits per heavy atom. The molecule has 1 aliphatic rings. The van der Waals surface area contributed by atoms with Crippen molar-refractivity contribution in [1.82, 2.24) is 0 Å². The van der Waals surface area contributed by atoms with Gasteiger partial charge in [-0.1, -0.05) is 53.9 Å². The van der Waals surface area contributed by atoms with E-state index in [0.29, 0.717) is 0 Å². The molecule has 90 valence electrons. The first-order chi connectivity index (χ1) is 7.06. The Bertz CT molecular complexity index is 171. The number of rotatable bonds is 7. The molecule has 0 N–H and O–H groups in total. The molecule has 4 atom stereocenters. The molecule has 0 saturated heterocycles. The molecule has 4 unspecified atom stereocenters. The van der Waals surface area contributed by atoms with Crippen LogP contribution in [0, 0.1) is 29.6 Å². The molecular weight excluding hydrogens is 180 g/mol. The first kappa shape index (κ1) is 13.1. The van der Waals surface area contributed by atoms with Gasteiger partial charge < -0.3 is 0 Å². The van der Waals surface area contributed by atoms with Crippen LogP contribution >= 0.6 is 0 Å². The van der Waals surface area contributed by atoms with Gasteiger partial charge in [-0.05, 0) is 42.4 Å². The maximum atomic E-state index is 2.51. The first-order valence-corrected chi connectivity index (χ1v) is 7.06. The SMILES string of the molecule is CCCC(CCC(C)C)C(C)C1CC1C. The summed E-state index contributed by atoms with van der Waals surface area (Å²) in [5.41, 5.74) is 0. The Hall–Kier alpha value is 0. The van der Waals surface area contributed by atoms with Crippen LogP contribution in [0.5, 0.6) is 0 Å². The monoisotopic (exact) mass is 210 g/mol. The third kappa shape index (κ3) is 4.17. The molecule has 0 heteroatoms. The molecule has 0 heterocycles. The van der Waals surface area contributed by atoms with Crippen LogP contribution in [-0.4, -0.2) is 0 Å². The minimum atomic E-state index is 0.883. The van der Waals surface area contributed by atoms with Crippen molar-refractivity contribution in [1.29, 1.82) is 0 Å². The van der Waals surface area contributed by atoms with Crippen molar-refractivity contribution < 1.29 is 0 Å². The minimum absolute atomic E-state index is 0.883. The molecule has 0 amide bonds. The highest BCUT2D eigenvalue weighted by atomic mass is 14.4. The smallest absolute Gasteiger partial charge is 0.0357 e. The van der Waals surface area contributed by atoms with Gasteiger partial charge in [0, 0.05) is 0 Å². The largest absolute Gasteiger partial charge is 0.0654 e. The van der Waals surface area contributed by atoms with Gasteiger partial charge in [-0.3, -0.25) is 0 Å². The average Bonchev–Trinajstić information content (AvgIpc) is 2.88. The normalized spacial score (nSPS) is 29.2. The Morgan fingerprint density at radius 3 is 2.07 bits per heavy atom. The zero-order valence-corrected chi connectivity index (χ0v) is 11.4. The highest BCUT2D eigenvalue weighted by Crippen LogP contribution is 2.48. The molecule has 0 nitrogen and oxygen atoms in total. The molecule has 1 fully saturated rings. The molecule has 0 bridgehead atoms. The molecule has 1 rings (SSSR count). The predicted molar refractivity (Wildman–Crippen MR) is 68.9 cm³/mol. The van der Waals surface area contributed by atoms with E-state index in [-0.39, 0.29) is 0 Å². The van der Waals surface area contributed by atoms with Crippen LogP contribution in [0.3, 0.4) is 0 Å². The van der Waals surface area contributed by atoms with Gasteiger partial charge in [-0.25, -0.2) is 0 Å². The maximum Gasteiger partial charge on any atom is -0.0357 e. The van der Waals surface area contributed by atoms with Gasteiger partial charge in [0.2, 0.25) is 0 Å². The first-order valence-electron chi connectivity index (χ1n) is 7.06. The third-order valence-corrected chi connectivity index (χ3v) is 4.36. The van der Waals surface area contributed by atoms with Crippen molar-refractivity contribution in [3.63, 3.8) is 0 Å². The van der Waals surface area contributed by atoms with Gasteiger partial charge in [-0.15, -0.1) is 0 Å². The van der Waals surface area contributed by atoms with E-state index < -0.39 is 0 Å². The highest BCUT2D eigenvalue weighted by molar-refractivity contribution is 4.89. The fourth-order valence-corrected chi connectivity index (χ4v) is 3.02. The molecule has 0 aliphatic heterocycles. The summed E-state index contributed by atoms with van der Waals surface area (Å²) in [7, 11) is 0. The lowest BCUT2D eigenvalue weighted by Gasteiger charge is -2.24. The summed E-state index contributed by atoms with van der Waals surface area (Å²) in [5, 5.41) is 0. The van der Waals surface area contributed by atoms with Crippen LogP contribution < -0.4 is 0 Å². The molecule has 1 aliphatic carbocycles. The molecule has 0 aromatic rings. The lowest BCUT2D eigenvalue weighted by atomic mass is 9.81. The summed E-state index contributed by atoms with van der Waals surface area (Å²) in [6, 6.07) is 0. The van der Waals surface area contributed by atoms with E-state index >= 15 is 0 Å². The number of hydrogen-bond donors (Lipinski definition) is 0. The van der Waals surface area contributed by atoms with E-state index in [9.17, 15) is 0 Å². The Morgan fingerprint density at radius 1 is 1.07 bits per heavy atom. The molecule has 0 spiro atoms. The standard InChI is InChI=1S/C15H30/c1-6-7-14(9-8-11(2)3)13(5)15-10-12(15)4/h11-15H,6-10H2,1-5H3. The van der Waals surface area contributed by atoms with E-state index in [0.717, 1.165) is 29.6 Å². The molecule has 1 saturated carbocycles. The van der Waals surface area contributed by atoms with Crippen LogP contribution in [0.4, 0.5) is 0 Å². The van der Waals surface area contributed by atoms with Crippen molar-refractivity contribution in [3.05, 3.63) is 0 Å². The van der Waals surface area contributed by atoms with E-state index in [4.69, 9.17) is 0 Å². The average molecular weight is 210 g/mol. The van der Waals surface area contributed by atoms with Crippen LogP contribution in [-0.2, 0) is 0 Å². The summed E-state index contributed by atoms with van der Waals surface area (Å²) < 4.78 is 0. The van der Waals surface area contributed by atoms with E-state index in [1.165, 1.54) is 32.1 Å². The summed E-state index contributed by atoms with van der Waals surface area (Å²) in [6.45, 7) is 12.0. The molecular formula is C15H30. The van der Waals surface area contributed by atoms with Crippen molar-refractivity contribution >= 4 is 0 Å². The Labute approximate surface area is 96.8 Å². The predicted octanol–water partition coefficient (Wildman–Crippen LogP) is 5.13. The molecule has 0 aromatic carbocycles. The van der Waals surface area contributed by atoms with Crippen LogP contribution in [0.1, 0.15) is 66.7 Å². The summed E-state index contributed by atoms with van der Waals surface area (Å²) >= 11 is 0. The highest BCUT2D eigenvalue weighted by Gasteiger charge is 2.39.